The summed E-state index contributed by atoms with van der Waals surface area (Å²) in [6.45, 7) is 0. The number of anilines is 1. The van der Waals surface area contributed by atoms with Gasteiger partial charge in [0, 0.05) is 18.5 Å². The van der Waals surface area contributed by atoms with Crippen molar-refractivity contribution in [3.63, 3.8) is 0 Å². The van der Waals surface area contributed by atoms with Gasteiger partial charge in [0.05, 0.1) is 24.4 Å². The fraction of sp³-hybridized carbons (Fsp3) is 0.286. The van der Waals surface area contributed by atoms with Crippen molar-refractivity contribution in [2.75, 3.05) is 19.5 Å². The number of hydrogen-bond acceptors (Lipinski definition) is 4. The largest absolute Gasteiger partial charge is 0.504 e. The van der Waals surface area contributed by atoms with Crippen LogP contribution in [0, 0.1) is 5.92 Å². The molecule has 2 aromatic rings. The fourth-order valence-corrected chi connectivity index (χ4v) is 4.21. The van der Waals surface area contributed by atoms with Crippen LogP contribution in [0.15, 0.2) is 48.6 Å². The van der Waals surface area contributed by atoms with Crippen LogP contribution in [0.3, 0.4) is 0 Å². The Kier molecular flexibility index (Phi) is 4.07. The number of ether oxygens (including phenoxy) is 1. The van der Waals surface area contributed by atoms with Crippen molar-refractivity contribution < 1.29 is 14.6 Å². The molecule has 5 heteroatoms. The van der Waals surface area contributed by atoms with E-state index in [1.165, 1.54) is 0 Å². The summed E-state index contributed by atoms with van der Waals surface area (Å²) >= 11 is 0. The summed E-state index contributed by atoms with van der Waals surface area (Å²) in [5, 5.41) is 16.9. The Hall–Kier alpha value is -2.95. The normalized spacial score (nSPS) is 22.9. The summed E-state index contributed by atoms with van der Waals surface area (Å²) < 4.78 is 5.28. The van der Waals surface area contributed by atoms with Gasteiger partial charge in [-0.3, -0.25) is 4.79 Å². The maximum absolute atomic E-state index is 12.3. The number of amides is 1. The molecule has 2 aliphatic rings. The average molecular weight is 350 g/mol. The summed E-state index contributed by atoms with van der Waals surface area (Å²) in [5.41, 5.74) is 3.38. The molecule has 3 unspecified atom stereocenters. The molecule has 5 nitrogen and oxygen atoms in total. The van der Waals surface area contributed by atoms with Gasteiger partial charge in [0.2, 0.25) is 0 Å². The molecular formula is C21H22N2O3. The molecule has 4 rings (SSSR count). The van der Waals surface area contributed by atoms with E-state index in [0.29, 0.717) is 11.3 Å². The highest BCUT2D eigenvalue weighted by Crippen LogP contribution is 2.52. The molecule has 0 bridgehead atoms. The number of carbonyl (C=O) groups is 1. The lowest BCUT2D eigenvalue weighted by atomic mass is 9.76. The minimum absolute atomic E-state index is 0.108. The molecule has 1 heterocycles. The van der Waals surface area contributed by atoms with Crippen LogP contribution in [-0.2, 0) is 0 Å². The number of allylic oxidation sites excluding steroid dienone is 2. The second-order valence-electron chi connectivity index (χ2n) is 6.72. The lowest BCUT2D eigenvalue weighted by molar-refractivity contribution is 0.0963. The second-order valence-corrected chi connectivity index (χ2v) is 6.72. The molecule has 0 radical (unpaired) electrons. The highest BCUT2D eigenvalue weighted by molar-refractivity contribution is 6.00. The van der Waals surface area contributed by atoms with Crippen molar-refractivity contribution in [1.82, 2.24) is 5.32 Å². The molecule has 0 saturated heterocycles. The number of phenols is 1. The summed E-state index contributed by atoms with van der Waals surface area (Å²) in [5.74, 6) is 0.978. The zero-order chi connectivity index (χ0) is 18.3. The van der Waals surface area contributed by atoms with Gasteiger partial charge in [-0.15, -0.1) is 0 Å². The Bertz CT molecular complexity index is 891. The molecule has 2 aromatic carbocycles. The predicted molar refractivity (Wildman–Crippen MR) is 101 cm³/mol. The van der Waals surface area contributed by atoms with Crippen LogP contribution in [0.25, 0.3) is 0 Å². The van der Waals surface area contributed by atoms with E-state index < -0.39 is 0 Å². The van der Waals surface area contributed by atoms with Crippen LogP contribution < -0.4 is 15.4 Å². The number of para-hydroxylation sites is 2. The van der Waals surface area contributed by atoms with E-state index >= 15 is 0 Å². The van der Waals surface area contributed by atoms with Gasteiger partial charge in [0.25, 0.3) is 5.91 Å². The highest BCUT2D eigenvalue weighted by Gasteiger charge is 2.40. The molecule has 3 atom stereocenters. The zero-order valence-electron chi connectivity index (χ0n) is 14.8. The molecule has 0 fully saturated rings. The predicted octanol–water partition coefficient (Wildman–Crippen LogP) is 3.59. The minimum Gasteiger partial charge on any atom is -0.504 e. The Morgan fingerprint density at radius 3 is 2.77 bits per heavy atom. The summed E-state index contributed by atoms with van der Waals surface area (Å²) in [6, 6.07) is 11.3. The molecule has 0 aromatic heterocycles. The highest BCUT2D eigenvalue weighted by atomic mass is 16.5. The fourth-order valence-electron chi connectivity index (χ4n) is 4.21. The molecule has 26 heavy (non-hydrogen) atoms. The van der Waals surface area contributed by atoms with Gasteiger partial charge in [0.1, 0.15) is 0 Å². The molecule has 1 amide bonds. The first-order valence-corrected chi connectivity index (χ1v) is 8.79. The SMILES string of the molecule is CNC(=O)c1cccc2c1NC(c1cccc(OC)c1O)C1CC=CC21. The summed E-state index contributed by atoms with van der Waals surface area (Å²) in [6.07, 6.45) is 5.31. The Balaban J connectivity index is 1.85. The molecule has 3 N–H and O–H groups in total. The van der Waals surface area contributed by atoms with Crippen molar-refractivity contribution in [1.29, 1.82) is 0 Å². The average Bonchev–Trinajstić information content (AvgIpc) is 3.17. The number of nitrogens with one attached hydrogen (secondary N) is 2. The first-order valence-electron chi connectivity index (χ1n) is 8.79. The van der Waals surface area contributed by atoms with Crippen molar-refractivity contribution in [2.24, 2.45) is 5.92 Å². The van der Waals surface area contributed by atoms with E-state index in [-0.39, 0.29) is 29.5 Å². The first kappa shape index (κ1) is 16.5. The number of fused-ring (bicyclic) bond motifs is 3. The lowest BCUT2D eigenvalue weighted by Crippen LogP contribution is -2.31. The standard InChI is InChI=1S/C21H22N2O3/c1-22-21(25)16-10-4-8-14-12-6-3-7-13(12)18(23-19(14)16)15-9-5-11-17(26-2)20(15)24/h3-6,8-13,18,23-24H,7H2,1-2H3,(H,22,25). The third-order valence-electron chi connectivity index (χ3n) is 5.45. The number of phenolic OH excluding ortho intramolecular Hbond substituents is 1. The zero-order valence-corrected chi connectivity index (χ0v) is 14.8. The van der Waals surface area contributed by atoms with Crippen molar-refractivity contribution >= 4 is 11.6 Å². The summed E-state index contributed by atoms with van der Waals surface area (Å²) in [7, 11) is 3.18. The van der Waals surface area contributed by atoms with Gasteiger partial charge >= 0.3 is 0 Å². The van der Waals surface area contributed by atoms with Gasteiger partial charge in [0.15, 0.2) is 11.5 Å². The first-order chi connectivity index (χ1) is 12.7. The summed E-state index contributed by atoms with van der Waals surface area (Å²) in [4.78, 5) is 12.3. The number of benzene rings is 2. The van der Waals surface area contributed by atoms with Crippen LogP contribution in [0.5, 0.6) is 11.5 Å². The smallest absolute Gasteiger partial charge is 0.253 e. The monoisotopic (exact) mass is 350 g/mol. The number of aromatic hydroxyl groups is 1. The lowest BCUT2D eigenvalue weighted by Gasteiger charge is -2.38. The molecule has 134 valence electrons. The van der Waals surface area contributed by atoms with Gasteiger partial charge in [-0.05, 0) is 30.0 Å². The van der Waals surface area contributed by atoms with Crippen LogP contribution in [0.1, 0.15) is 39.9 Å². The van der Waals surface area contributed by atoms with E-state index in [9.17, 15) is 9.90 Å². The number of hydrogen-bond donors (Lipinski definition) is 3. The number of methoxy groups -OCH3 is 1. The van der Waals surface area contributed by atoms with E-state index in [4.69, 9.17) is 4.74 Å². The quantitative estimate of drug-likeness (QED) is 0.740. The van der Waals surface area contributed by atoms with Crippen LogP contribution in [0.4, 0.5) is 5.69 Å². The van der Waals surface area contributed by atoms with Gasteiger partial charge in [-0.25, -0.2) is 0 Å². The van der Waals surface area contributed by atoms with Crippen LogP contribution >= 0.6 is 0 Å². The maximum atomic E-state index is 12.3. The number of carbonyl (C=O) groups excluding carboxylic acids is 1. The third kappa shape index (κ3) is 2.43. The Morgan fingerprint density at radius 2 is 2.00 bits per heavy atom. The topological polar surface area (TPSA) is 70.6 Å². The second kappa shape index (κ2) is 6.41. The van der Waals surface area contributed by atoms with Gasteiger partial charge < -0.3 is 20.5 Å². The van der Waals surface area contributed by atoms with E-state index in [0.717, 1.165) is 23.2 Å². The molecular weight excluding hydrogens is 328 g/mol. The van der Waals surface area contributed by atoms with E-state index in [2.05, 4.69) is 28.9 Å². The molecule has 1 aliphatic carbocycles. The number of rotatable bonds is 3. The van der Waals surface area contributed by atoms with E-state index in [1.54, 1.807) is 20.2 Å². The Morgan fingerprint density at radius 1 is 1.23 bits per heavy atom. The van der Waals surface area contributed by atoms with Gasteiger partial charge in [-0.1, -0.05) is 36.4 Å². The van der Waals surface area contributed by atoms with Crippen molar-refractivity contribution in [3.8, 4) is 11.5 Å². The van der Waals surface area contributed by atoms with Gasteiger partial charge in [-0.2, -0.15) is 0 Å². The molecule has 1 aliphatic heterocycles. The third-order valence-corrected chi connectivity index (χ3v) is 5.45. The minimum atomic E-state index is -0.122. The molecule has 0 saturated carbocycles. The molecule has 0 spiro atoms. The van der Waals surface area contributed by atoms with Crippen molar-refractivity contribution in [2.45, 2.75) is 18.4 Å². The Labute approximate surface area is 152 Å². The maximum Gasteiger partial charge on any atom is 0.253 e. The van der Waals surface area contributed by atoms with E-state index in [1.807, 2.05) is 24.3 Å². The van der Waals surface area contributed by atoms with Crippen molar-refractivity contribution in [3.05, 3.63) is 65.2 Å². The van der Waals surface area contributed by atoms with Crippen LogP contribution in [-0.4, -0.2) is 25.2 Å². The van der Waals surface area contributed by atoms with Crippen LogP contribution in [0.2, 0.25) is 0 Å².